The van der Waals surface area contributed by atoms with Crippen LogP contribution in [-0.4, -0.2) is 23.3 Å². The van der Waals surface area contributed by atoms with Crippen molar-refractivity contribution in [2.24, 2.45) is 5.92 Å². The van der Waals surface area contributed by atoms with Crippen molar-refractivity contribution in [3.8, 4) is 0 Å². The lowest BCUT2D eigenvalue weighted by molar-refractivity contribution is -0.571. The SMILES string of the molecule is CCCCC(CC)C(OOOC(C)(C)CC)OC(=O)OO. The summed E-state index contributed by atoms with van der Waals surface area (Å²) in [6, 6.07) is 0. The molecule has 0 radical (unpaired) electrons. The molecule has 1 N–H and O–H groups in total. The molecule has 0 amide bonds. The first-order valence-electron chi connectivity index (χ1n) is 7.43. The summed E-state index contributed by atoms with van der Waals surface area (Å²) in [6.07, 6.45) is 1.93. The maximum atomic E-state index is 11.1. The van der Waals surface area contributed by atoms with Gasteiger partial charge in [-0.1, -0.05) is 38.7 Å². The van der Waals surface area contributed by atoms with E-state index in [0.717, 1.165) is 19.3 Å². The predicted octanol–water partition coefficient (Wildman–Crippen LogP) is 4.22. The molecule has 0 aromatic heterocycles. The Morgan fingerprint density at radius 3 is 2.38 bits per heavy atom. The van der Waals surface area contributed by atoms with E-state index in [2.05, 4.69) is 11.8 Å². The first-order valence-corrected chi connectivity index (χ1v) is 7.43. The maximum absolute atomic E-state index is 11.1. The first-order chi connectivity index (χ1) is 9.90. The van der Waals surface area contributed by atoms with E-state index < -0.39 is 18.0 Å². The van der Waals surface area contributed by atoms with Gasteiger partial charge in [-0.25, -0.2) is 4.79 Å². The molecule has 0 rings (SSSR count). The second-order valence-corrected chi connectivity index (χ2v) is 5.50. The molecule has 0 spiro atoms. The second kappa shape index (κ2) is 10.8. The minimum atomic E-state index is -1.24. The number of unbranched alkanes of at least 4 members (excludes halogenated alkanes) is 1. The van der Waals surface area contributed by atoms with Crippen LogP contribution in [0.15, 0.2) is 0 Å². The molecule has 2 unspecified atom stereocenters. The van der Waals surface area contributed by atoms with Crippen molar-refractivity contribution in [1.82, 2.24) is 0 Å². The largest absolute Gasteiger partial charge is 0.542 e. The average molecular weight is 308 g/mol. The summed E-state index contributed by atoms with van der Waals surface area (Å²) >= 11 is 0. The fraction of sp³-hybridized carbons (Fsp3) is 0.929. The second-order valence-electron chi connectivity index (χ2n) is 5.50. The lowest BCUT2D eigenvalue weighted by Gasteiger charge is -2.26. The van der Waals surface area contributed by atoms with Gasteiger partial charge in [0.05, 0.1) is 0 Å². The molecule has 0 aliphatic heterocycles. The van der Waals surface area contributed by atoms with Gasteiger partial charge in [0, 0.05) is 5.92 Å². The normalized spacial score (nSPS) is 14.6. The van der Waals surface area contributed by atoms with E-state index in [1.807, 2.05) is 27.7 Å². The Morgan fingerprint density at radius 1 is 1.24 bits per heavy atom. The van der Waals surface area contributed by atoms with Crippen LogP contribution >= 0.6 is 0 Å². The standard InChI is InChI=1S/C14H28O7/c1-6-9-10-11(7-2)12(17-13(15)18-16)19-21-20-14(4,5)8-3/h11-12,16H,6-10H2,1-5H3. The van der Waals surface area contributed by atoms with Crippen LogP contribution in [0, 0.1) is 5.92 Å². The molecule has 126 valence electrons. The molecule has 0 aromatic rings. The van der Waals surface area contributed by atoms with Crippen LogP contribution in [0.4, 0.5) is 4.79 Å². The molecule has 0 aromatic carbocycles. The van der Waals surface area contributed by atoms with E-state index in [0.29, 0.717) is 12.8 Å². The van der Waals surface area contributed by atoms with Gasteiger partial charge in [0.2, 0.25) is 6.29 Å². The third kappa shape index (κ3) is 8.87. The number of carbonyl (C=O) groups excluding carboxylic acids is 1. The maximum Gasteiger partial charge on any atom is 0.542 e. The van der Waals surface area contributed by atoms with Gasteiger partial charge in [-0.3, -0.25) is 4.89 Å². The van der Waals surface area contributed by atoms with E-state index in [4.69, 9.17) is 24.8 Å². The highest BCUT2D eigenvalue weighted by Gasteiger charge is 2.28. The number of hydrogen-bond donors (Lipinski definition) is 1. The monoisotopic (exact) mass is 308 g/mol. The lowest BCUT2D eigenvalue weighted by atomic mass is 9.99. The van der Waals surface area contributed by atoms with Crippen LogP contribution in [0.25, 0.3) is 0 Å². The molecular formula is C14H28O7. The predicted molar refractivity (Wildman–Crippen MR) is 74.9 cm³/mol. The molecule has 0 saturated heterocycles. The zero-order chi connectivity index (χ0) is 16.3. The van der Waals surface area contributed by atoms with Crippen LogP contribution in [0.1, 0.15) is 66.7 Å². The molecule has 7 heteroatoms. The summed E-state index contributed by atoms with van der Waals surface area (Å²) in [5, 5.41) is 13.1. The summed E-state index contributed by atoms with van der Waals surface area (Å²) in [5.41, 5.74) is -0.521. The van der Waals surface area contributed by atoms with E-state index >= 15 is 0 Å². The topological polar surface area (TPSA) is 83.5 Å². The Labute approximate surface area is 126 Å². The highest BCUT2D eigenvalue weighted by molar-refractivity contribution is 5.58. The summed E-state index contributed by atoms with van der Waals surface area (Å²) < 4.78 is 4.86. The van der Waals surface area contributed by atoms with E-state index in [1.54, 1.807) is 0 Å². The van der Waals surface area contributed by atoms with Gasteiger partial charge in [-0.2, -0.15) is 15.0 Å². The molecule has 0 bridgehead atoms. The quantitative estimate of drug-likeness (QED) is 0.265. The van der Waals surface area contributed by atoms with Gasteiger partial charge in [-0.05, 0) is 33.1 Å². The van der Waals surface area contributed by atoms with Crippen LogP contribution in [-0.2, 0) is 24.4 Å². The van der Waals surface area contributed by atoms with Crippen molar-refractivity contribution < 1.29 is 34.5 Å². The first kappa shape index (κ1) is 20.1. The smallest absolute Gasteiger partial charge is 0.399 e. The zero-order valence-corrected chi connectivity index (χ0v) is 13.6. The highest BCUT2D eigenvalue weighted by Crippen LogP contribution is 2.22. The van der Waals surface area contributed by atoms with E-state index in [9.17, 15) is 4.79 Å². The number of carbonyl (C=O) groups is 1. The van der Waals surface area contributed by atoms with Crippen LogP contribution in [0.5, 0.6) is 0 Å². The van der Waals surface area contributed by atoms with Gasteiger partial charge in [0.25, 0.3) is 0 Å². The van der Waals surface area contributed by atoms with E-state index in [1.165, 1.54) is 0 Å². The average Bonchev–Trinajstić information content (AvgIpc) is 2.47. The molecule has 0 heterocycles. The minimum Gasteiger partial charge on any atom is -0.399 e. The molecule has 2 atom stereocenters. The molecule has 0 aliphatic rings. The molecule has 0 saturated carbocycles. The van der Waals surface area contributed by atoms with Crippen LogP contribution in [0.3, 0.4) is 0 Å². The number of hydrogen-bond acceptors (Lipinski definition) is 7. The Hall–Kier alpha value is -0.890. The van der Waals surface area contributed by atoms with Crippen molar-refractivity contribution in [3.05, 3.63) is 0 Å². The molecule has 7 nitrogen and oxygen atoms in total. The Balaban J connectivity index is 4.52. The Morgan fingerprint density at radius 2 is 1.90 bits per heavy atom. The molecule has 0 fully saturated rings. The van der Waals surface area contributed by atoms with Crippen LogP contribution < -0.4 is 0 Å². The molecule has 0 aliphatic carbocycles. The summed E-state index contributed by atoms with van der Waals surface area (Å²) in [6.45, 7) is 9.62. The third-order valence-corrected chi connectivity index (χ3v) is 3.37. The van der Waals surface area contributed by atoms with Gasteiger partial charge in [0.15, 0.2) is 0 Å². The summed E-state index contributed by atoms with van der Waals surface area (Å²) in [7, 11) is 0. The Kier molecular flexibility index (Phi) is 10.3. The van der Waals surface area contributed by atoms with Crippen molar-refractivity contribution in [1.29, 1.82) is 0 Å². The number of rotatable bonds is 11. The van der Waals surface area contributed by atoms with Crippen molar-refractivity contribution >= 4 is 6.16 Å². The summed E-state index contributed by atoms with van der Waals surface area (Å²) in [5.74, 6) is -0.0858. The van der Waals surface area contributed by atoms with E-state index in [-0.39, 0.29) is 5.92 Å². The van der Waals surface area contributed by atoms with Crippen molar-refractivity contribution in [2.45, 2.75) is 78.6 Å². The molecule has 21 heavy (non-hydrogen) atoms. The number of ether oxygens (including phenoxy) is 1. The third-order valence-electron chi connectivity index (χ3n) is 3.37. The van der Waals surface area contributed by atoms with Crippen molar-refractivity contribution in [2.75, 3.05) is 0 Å². The van der Waals surface area contributed by atoms with Crippen molar-refractivity contribution in [3.63, 3.8) is 0 Å². The van der Waals surface area contributed by atoms with Gasteiger partial charge in [-0.15, -0.1) is 0 Å². The fourth-order valence-corrected chi connectivity index (χ4v) is 1.52. The molecular weight excluding hydrogens is 280 g/mol. The lowest BCUT2D eigenvalue weighted by Crippen LogP contribution is -2.32. The summed E-state index contributed by atoms with van der Waals surface area (Å²) in [4.78, 5) is 24.7. The van der Waals surface area contributed by atoms with Gasteiger partial charge < -0.3 is 4.74 Å². The zero-order valence-electron chi connectivity index (χ0n) is 13.6. The Bertz CT molecular complexity index is 280. The van der Waals surface area contributed by atoms with Gasteiger partial charge >= 0.3 is 6.16 Å². The van der Waals surface area contributed by atoms with Gasteiger partial charge in [0.1, 0.15) is 5.60 Å². The fourth-order valence-electron chi connectivity index (χ4n) is 1.52. The van der Waals surface area contributed by atoms with Crippen LogP contribution in [0.2, 0.25) is 0 Å². The highest BCUT2D eigenvalue weighted by atomic mass is 17.5. The minimum absolute atomic E-state index is 0.0858.